The molecule has 2 aromatic rings. The molecule has 0 aliphatic heterocycles. The quantitative estimate of drug-likeness (QED) is 0.797. The summed E-state index contributed by atoms with van der Waals surface area (Å²) in [5.41, 5.74) is 9.04. The lowest BCUT2D eigenvalue weighted by molar-refractivity contribution is -0.689. The smallest absolute Gasteiger partial charge is 0.225 e. The van der Waals surface area contributed by atoms with Crippen molar-refractivity contribution in [3.8, 4) is 0 Å². The lowest BCUT2D eigenvalue weighted by Gasteiger charge is -2.01. The minimum atomic E-state index is -2.48. The molecule has 0 aliphatic carbocycles. The Kier molecular flexibility index (Phi) is 2.57. The van der Waals surface area contributed by atoms with Crippen LogP contribution >= 0.6 is 11.3 Å². The lowest BCUT2D eigenvalue weighted by atomic mass is 10.2. The summed E-state index contributed by atoms with van der Waals surface area (Å²) in [5, 5.41) is 9.01. The number of aliphatic hydroxyl groups excluding tert-OH is 1. The van der Waals surface area contributed by atoms with E-state index >= 15 is 0 Å². The second-order valence-electron chi connectivity index (χ2n) is 3.86. The maximum Gasteiger partial charge on any atom is 0.225 e. The summed E-state index contributed by atoms with van der Waals surface area (Å²) in [6.07, 6.45) is 0.390. The van der Waals surface area contributed by atoms with Gasteiger partial charge in [0, 0.05) is 30.2 Å². The van der Waals surface area contributed by atoms with E-state index in [1.54, 1.807) is 0 Å². The molecule has 2 rings (SSSR count). The molecule has 96 valence electrons. The minimum absolute atomic E-state index is 0.00735. The Morgan fingerprint density at radius 2 is 2.50 bits per heavy atom. The summed E-state index contributed by atoms with van der Waals surface area (Å²) in [6.45, 7) is -0.204. The second-order valence-corrected chi connectivity index (χ2v) is 4.80. The van der Waals surface area contributed by atoms with Gasteiger partial charge in [0.1, 0.15) is 11.6 Å². The van der Waals surface area contributed by atoms with Crippen molar-refractivity contribution >= 4 is 17.2 Å². The number of nitrogens with zero attached hydrogens (tertiary/aromatic N) is 3. The molecule has 0 spiro atoms. The van der Waals surface area contributed by atoms with Crippen molar-refractivity contribution in [3.05, 3.63) is 33.6 Å². The van der Waals surface area contributed by atoms with Crippen molar-refractivity contribution in [1.29, 1.82) is 0 Å². The normalized spacial score (nSPS) is 14.8. The van der Waals surface area contributed by atoms with Crippen molar-refractivity contribution in [2.75, 3.05) is 12.3 Å². The highest BCUT2D eigenvalue weighted by Gasteiger charge is 2.16. The number of thiazole rings is 1. The molecule has 0 fully saturated rings. The zero-order valence-electron chi connectivity index (χ0n) is 14.0. The third kappa shape index (κ3) is 2.65. The van der Waals surface area contributed by atoms with Crippen LogP contribution in [0.2, 0.25) is 0 Å². The largest absolute Gasteiger partial charge is 0.396 e. The number of rotatable bonds is 4. The Hall–Kier alpha value is -1.53. The third-order valence-corrected chi connectivity index (χ3v) is 3.80. The summed E-state index contributed by atoms with van der Waals surface area (Å²) >= 11 is 1.51. The topological polar surface area (TPSA) is 75.9 Å². The van der Waals surface area contributed by atoms with Crippen LogP contribution in [0.15, 0.2) is 11.7 Å². The Labute approximate surface area is 116 Å². The number of nitrogens with two attached hydrogens (primary N) is 1. The summed E-state index contributed by atoms with van der Waals surface area (Å²) < 4.78 is 31.6. The van der Waals surface area contributed by atoms with Crippen LogP contribution in [0.3, 0.4) is 0 Å². The van der Waals surface area contributed by atoms with E-state index < -0.39 is 12.7 Å². The molecule has 0 radical (unpaired) electrons. The van der Waals surface area contributed by atoms with Gasteiger partial charge in [-0.15, -0.1) is 0 Å². The van der Waals surface area contributed by atoms with E-state index in [4.69, 9.17) is 16.3 Å². The molecule has 0 aliphatic rings. The van der Waals surface area contributed by atoms with Crippen molar-refractivity contribution in [2.45, 2.75) is 26.7 Å². The average molecular weight is 269 g/mol. The third-order valence-electron chi connectivity index (χ3n) is 2.66. The zero-order chi connectivity index (χ0) is 16.5. The van der Waals surface area contributed by atoms with Gasteiger partial charge in [0.25, 0.3) is 0 Å². The van der Waals surface area contributed by atoms with E-state index in [1.165, 1.54) is 11.3 Å². The Morgan fingerprint density at radius 1 is 1.67 bits per heavy atom. The van der Waals surface area contributed by atoms with Crippen LogP contribution in [-0.4, -0.2) is 21.7 Å². The monoisotopic (exact) mass is 269 g/mol. The fourth-order valence-corrected chi connectivity index (χ4v) is 2.60. The van der Waals surface area contributed by atoms with Gasteiger partial charge in [-0.1, -0.05) is 11.3 Å². The highest BCUT2D eigenvalue weighted by Crippen LogP contribution is 2.13. The van der Waals surface area contributed by atoms with E-state index in [1.807, 2.05) is 17.0 Å². The highest BCUT2D eigenvalue weighted by molar-refractivity contribution is 7.09. The van der Waals surface area contributed by atoms with Crippen LogP contribution < -0.4 is 10.3 Å². The van der Waals surface area contributed by atoms with Crippen LogP contribution in [-0.2, 0) is 13.0 Å². The molecule has 3 N–H and O–H groups in total. The number of aliphatic hydroxyl groups is 1. The number of aryl methyl sites for hydroxylation is 1. The molecule has 0 amide bonds. The molecule has 18 heavy (non-hydrogen) atoms. The molecule has 0 saturated heterocycles. The van der Waals surface area contributed by atoms with E-state index in [0.717, 1.165) is 10.6 Å². The average Bonchev–Trinajstić information content (AvgIpc) is 2.74. The van der Waals surface area contributed by atoms with Crippen molar-refractivity contribution in [3.63, 3.8) is 0 Å². The predicted octanol–water partition coefficient (Wildman–Crippen LogP) is 0.608. The number of nitrogen functional groups attached to an aromatic ring is 1. The first-order chi connectivity index (χ1) is 10.2. The number of hydrogen-bond donors (Lipinski definition) is 2. The first-order valence-corrected chi connectivity index (χ1v) is 6.32. The molecular formula is C12H17N4OS+. The molecule has 6 heteroatoms. The van der Waals surface area contributed by atoms with Gasteiger partial charge in [-0.25, -0.2) is 9.97 Å². The van der Waals surface area contributed by atoms with Gasteiger partial charge in [-0.3, -0.25) is 0 Å². The molecule has 5 nitrogen and oxygen atoms in total. The van der Waals surface area contributed by atoms with Crippen LogP contribution in [0.4, 0.5) is 5.82 Å². The predicted molar refractivity (Wildman–Crippen MR) is 70.3 cm³/mol. The molecule has 0 aromatic carbocycles. The SMILES string of the molecule is [2H]c1nc(C([2H])([2H])[2H])nc(N)c1C[n+]1csc(CCO)c1C. The maximum absolute atomic E-state index is 9.01. The standard InChI is InChI=1S/C12H17N4OS/c1-8-11(3-4-17)18-7-16(8)6-10-5-14-9(2)15-12(10)13/h5,7,17H,3-4,6H2,1-2H3,(H2,13,14,15)/q+1/i2D3,5D. The van der Waals surface area contributed by atoms with E-state index in [2.05, 4.69) is 9.97 Å². The maximum atomic E-state index is 9.01. The van der Waals surface area contributed by atoms with E-state index in [0.29, 0.717) is 18.5 Å². The number of anilines is 1. The van der Waals surface area contributed by atoms with Gasteiger partial charge < -0.3 is 10.8 Å². The van der Waals surface area contributed by atoms with Gasteiger partial charge in [-0.2, -0.15) is 4.57 Å². The summed E-state index contributed by atoms with van der Waals surface area (Å²) in [7, 11) is 0. The minimum Gasteiger partial charge on any atom is -0.396 e. The van der Waals surface area contributed by atoms with Crippen LogP contribution in [0.5, 0.6) is 0 Å². The number of hydrogen-bond acceptors (Lipinski definition) is 5. The first kappa shape index (κ1) is 8.55. The van der Waals surface area contributed by atoms with Crippen molar-refractivity contribution < 1.29 is 15.2 Å². The van der Waals surface area contributed by atoms with Gasteiger partial charge in [0.15, 0.2) is 12.2 Å². The first-order valence-electron chi connectivity index (χ1n) is 7.44. The Balaban J connectivity index is 2.34. The summed E-state index contributed by atoms with van der Waals surface area (Å²) in [5.74, 6) is -0.403. The molecule has 0 unspecified atom stereocenters. The summed E-state index contributed by atoms with van der Waals surface area (Å²) in [6, 6.07) is 0. The van der Waals surface area contributed by atoms with Crippen LogP contribution in [0.1, 0.15) is 27.4 Å². The molecule has 0 saturated carbocycles. The molecule has 2 aromatic heterocycles. The second kappa shape index (κ2) is 5.41. The molecule has 2 heterocycles. The van der Waals surface area contributed by atoms with Gasteiger partial charge in [-0.05, 0) is 6.85 Å². The van der Waals surface area contributed by atoms with E-state index in [9.17, 15) is 0 Å². The Morgan fingerprint density at radius 3 is 3.17 bits per heavy atom. The van der Waals surface area contributed by atoms with Gasteiger partial charge in [0.2, 0.25) is 5.51 Å². The van der Waals surface area contributed by atoms with E-state index in [-0.39, 0.29) is 18.6 Å². The van der Waals surface area contributed by atoms with Crippen LogP contribution in [0.25, 0.3) is 0 Å². The van der Waals surface area contributed by atoms with Crippen molar-refractivity contribution in [1.82, 2.24) is 9.97 Å². The molecular weight excluding hydrogens is 248 g/mol. The Bertz CT molecular complexity index is 663. The highest BCUT2D eigenvalue weighted by atomic mass is 32.1. The fraction of sp³-hybridized carbons (Fsp3) is 0.417. The fourth-order valence-electron chi connectivity index (χ4n) is 1.62. The molecule has 0 bridgehead atoms. The van der Waals surface area contributed by atoms with Crippen LogP contribution in [0, 0.1) is 13.8 Å². The zero-order valence-corrected chi connectivity index (χ0v) is 10.8. The van der Waals surface area contributed by atoms with Gasteiger partial charge >= 0.3 is 0 Å². The van der Waals surface area contributed by atoms with Gasteiger partial charge in [0.05, 0.1) is 11.8 Å². The molecule has 0 atom stereocenters. The number of aromatic nitrogens is 3. The summed E-state index contributed by atoms with van der Waals surface area (Å²) in [4.78, 5) is 8.59. The van der Waals surface area contributed by atoms with Crippen molar-refractivity contribution in [2.24, 2.45) is 0 Å². The lowest BCUT2D eigenvalue weighted by Crippen LogP contribution is -2.35.